The molecular weight excluding hydrogens is 200 g/mol. The van der Waals surface area contributed by atoms with Crippen molar-refractivity contribution in [1.29, 1.82) is 0 Å². The topological polar surface area (TPSA) is 102 Å². The van der Waals surface area contributed by atoms with Crippen molar-refractivity contribution in [2.45, 2.75) is 31.9 Å². The van der Waals surface area contributed by atoms with Gasteiger partial charge >= 0.3 is 5.97 Å². The van der Waals surface area contributed by atoms with Crippen LogP contribution >= 0.6 is 0 Å². The second-order valence-electron chi connectivity index (χ2n) is 3.22. The summed E-state index contributed by atoms with van der Waals surface area (Å²) >= 11 is 0. The van der Waals surface area contributed by atoms with Crippen molar-refractivity contribution in [1.82, 2.24) is 5.32 Å². The van der Waals surface area contributed by atoms with Crippen LogP contribution in [0.2, 0.25) is 0 Å². The molecule has 0 aliphatic rings. The average Bonchev–Trinajstić information content (AvgIpc) is 2.21. The molecule has 0 heterocycles. The van der Waals surface area contributed by atoms with Crippen molar-refractivity contribution in [3.05, 3.63) is 0 Å². The molecule has 0 saturated heterocycles. The molecule has 0 rings (SSSR count). The molecule has 0 bridgehead atoms. The first kappa shape index (κ1) is 13.9. The fraction of sp³-hybridized carbons (Fsp3) is 0.778. The Hall–Kier alpha value is -1.14. The van der Waals surface area contributed by atoms with Gasteiger partial charge in [-0.2, -0.15) is 0 Å². The van der Waals surface area contributed by atoms with E-state index in [1.54, 1.807) is 6.92 Å². The smallest absolute Gasteiger partial charge is 0.306 e. The lowest BCUT2D eigenvalue weighted by Crippen LogP contribution is -2.43. The third-order valence-electron chi connectivity index (χ3n) is 2.02. The predicted octanol–water partition coefficient (Wildman–Crippen LogP) is -0.670. The van der Waals surface area contributed by atoms with Crippen LogP contribution in [0.1, 0.15) is 19.8 Å². The summed E-state index contributed by atoms with van der Waals surface area (Å²) in [4.78, 5) is 21.6. The molecule has 6 heteroatoms. The molecule has 4 N–H and O–H groups in total. The Morgan fingerprint density at radius 1 is 1.53 bits per heavy atom. The van der Waals surface area contributed by atoms with Crippen molar-refractivity contribution in [2.24, 2.45) is 5.73 Å². The normalized spacial score (nSPS) is 14.3. The zero-order chi connectivity index (χ0) is 11.8. The minimum Gasteiger partial charge on any atom is -0.481 e. The van der Waals surface area contributed by atoms with E-state index in [0.717, 1.165) is 0 Å². The van der Waals surface area contributed by atoms with E-state index in [2.05, 4.69) is 5.32 Å². The Morgan fingerprint density at radius 3 is 2.53 bits per heavy atom. The summed E-state index contributed by atoms with van der Waals surface area (Å²) in [5, 5.41) is 11.1. The van der Waals surface area contributed by atoms with Gasteiger partial charge in [0.1, 0.15) is 0 Å². The summed E-state index contributed by atoms with van der Waals surface area (Å²) in [6.07, 6.45) is -0.115. The largest absolute Gasteiger partial charge is 0.481 e. The summed E-state index contributed by atoms with van der Waals surface area (Å²) in [6, 6.07) is -0.549. The minimum atomic E-state index is -0.962. The molecule has 2 atom stereocenters. The molecule has 0 aromatic rings. The monoisotopic (exact) mass is 218 g/mol. The third kappa shape index (κ3) is 6.03. The molecule has 0 fully saturated rings. The molecule has 6 nitrogen and oxygen atoms in total. The summed E-state index contributed by atoms with van der Waals surface area (Å²) < 4.78 is 4.89. The number of nitrogens with two attached hydrogens (primary N) is 1. The number of methoxy groups -OCH3 is 1. The summed E-state index contributed by atoms with van der Waals surface area (Å²) in [6.45, 7) is 1.96. The molecule has 1 amide bonds. The molecule has 0 saturated carbocycles. The van der Waals surface area contributed by atoms with Crippen molar-refractivity contribution in [3.63, 3.8) is 0 Å². The SMILES string of the molecule is CC[C@@H](N)C(=O)NCC(CC(=O)O)OC. The number of carbonyl (C=O) groups excluding carboxylic acids is 1. The quantitative estimate of drug-likeness (QED) is 0.526. The standard InChI is InChI=1S/C9H18N2O4/c1-3-7(10)9(14)11-5-6(15-2)4-8(12)13/h6-7H,3-5,10H2,1-2H3,(H,11,14)(H,12,13)/t6?,7-/m1/s1. The molecule has 0 radical (unpaired) electrons. The number of nitrogens with one attached hydrogen (secondary N) is 1. The highest BCUT2D eigenvalue weighted by atomic mass is 16.5. The lowest BCUT2D eigenvalue weighted by Gasteiger charge is -2.15. The van der Waals surface area contributed by atoms with Gasteiger partial charge in [-0.15, -0.1) is 0 Å². The molecular formula is C9H18N2O4. The van der Waals surface area contributed by atoms with Crippen LogP contribution in [0.4, 0.5) is 0 Å². The van der Waals surface area contributed by atoms with Gasteiger partial charge in [-0.05, 0) is 6.42 Å². The van der Waals surface area contributed by atoms with Crippen LogP contribution in [0, 0.1) is 0 Å². The first-order valence-corrected chi connectivity index (χ1v) is 4.79. The minimum absolute atomic E-state index is 0.141. The van der Waals surface area contributed by atoms with Gasteiger partial charge in [-0.25, -0.2) is 0 Å². The maximum atomic E-state index is 11.2. The molecule has 0 aliphatic carbocycles. The molecule has 0 spiro atoms. The van der Waals surface area contributed by atoms with Crippen LogP contribution in [0.25, 0.3) is 0 Å². The van der Waals surface area contributed by atoms with Crippen molar-refractivity contribution in [3.8, 4) is 0 Å². The number of aliphatic carboxylic acids is 1. The van der Waals surface area contributed by atoms with Gasteiger partial charge in [0.2, 0.25) is 5.91 Å². The lowest BCUT2D eigenvalue weighted by atomic mass is 10.2. The fourth-order valence-electron chi connectivity index (χ4n) is 0.965. The van der Waals surface area contributed by atoms with Crippen LogP contribution in [0.15, 0.2) is 0 Å². The zero-order valence-corrected chi connectivity index (χ0v) is 9.03. The number of ether oxygens (including phenoxy) is 1. The second kappa shape index (κ2) is 7.19. The predicted molar refractivity (Wildman–Crippen MR) is 54.3 cm³/mol. The van der Waals surface area contributed by atoms with Gasteiger partial charge in [-0.3, -0.25) is 9.59 Å². The number of hydrogen-bond acceptors (Lipinski definition) is 4. The Kier molecular flexibility index (Phi) is 6.64. The number of carboxylic acids is 1. The van der Waals surface area contributed by atoms with E-state index in [0.29, 0.717) is 6.42 Å². The highest BCUT2D eigenvalue weighted by Gasteiger charge is 2.15. The van der Waals surface area contributed by atoms with E-state index in [1.807, 2.05) is 0 Å². The third-order valence-corrected chi connectivity index (χ3v) is 2.02. The van der Waals surface area contributed by atoms with E-state index in [4.69, 9.17) is 15.6 Å². The van der Waals surface area contributed by atoms with Crippen LogP contribution in [0.3, 0.4) is 0 Å². The summed E-state index contributed by atoms with van der Waals surface area (Å²) in [5.41, 5.74) is 5.48. The van der Waals surface area contributed by atoms with Gasteiger partial charge in [-0.1, -0.05) is 6.92 Å². The first-order valence-electron chi connectivity index (χ1n) is 4.79. The second-order valence-corrected chi connectivity index (χ2v) is 3.22. The zero-order valence-electron chi connectivity index (χ0n) is 9.03. The maximum absolute atomic E-state index is 11.2. The van der Waals surface area contributed by atoms with Gasteiger partial charge < -0.3 is 20.9 Å². The van der Waals surface area contributed by atoms with Crippen molar-refractivity contribution < 1.29 is 19.4 Å². The van der Waals surface area contributed by atoms with E-state index in [1.165, 1.54) is 7.11 Å². The van der Waals surface area contributed by atoms with Gasteiger partial charge in [0.05, 0.1) is 18.6 Å². The van der Waals surface area contributed by atoms with Crippen molar-refractivity contribution >= 4 is 11.9 Å². The molecule has 0 aliphatic heterocycles. The summed E-state index contributed by atoms with van der Waals surface area (Å²) in [7, 11) is 1.40. The molecule has 1 unspecified atom stereocenters. The number of carbonyl (C=O) groups is 2. The van der Waals surface area contributed by atoms with Crippen LogP contribution in [-0.2, 0) is 14.3 Å². The van der Waals surface area contributed by atoms with Crippen LogP contribution in [0.5, 0.6) is 0 Å². The van der Waals surface area contributed by atoms with E-state index in [-0.39, 0.29) is 18.9 Å². The first-order chi connectivity index (χ1) is 7.01. The Morgan fingerprint density at radius 2 is 2.13 bits per heavy atom. The molecule has 0 aromatic carbocycles. The summed E-state index contributed by atoms with van der Waals surface area (Å²) in [5.74, 6) is -1.25. The number of rotatable bonds is 7. The Balaban J connectivity index is 3.89. The van der Waals surface area contributed by atoms with Crippen molar-refractivity contribution in [2.75, 3.05) is 13.7 Å². The maximum Gasteiger partial charge on any atom is 0.306 e. The lowest BCUT2D eigenvalue weighted by molar-refractivity contribution is -0.140. The Labute approximate surface area is 88.8 Å². The molecule has 15 heavy (non-hydrogen) atoms. The van der Waals surface area contributed by atoms with Crippen LogP contribution in [-0.4, -0.2) is 42.8 Å². The Bertz CT molecular complexity index is 220. The highest BCUT2D eigenvalue weighted by molar-refractivity contribution is 5.81. The van der Waals surface area contributed by atoms with Gasteiger partial charge in [0, 0.05) is 13.7 Å². The average molecular weight is 218 g/mol. The number of carboxylic acid groups (broad SMARTS) is 1. The highest BCUT2D eigenvalue weighted by Crippen LogP contribution is 1.96. The molecule has 88 valence electrons. The number of amides is 1. The van der Waals surface area contributed by atoms with Gasteiger partial charge in [0.25, 0.3) is 0 Å². The van der Waals surface area contributed by atoms with E-state index in [9.17, 15) is 9.59 Å². The van der Waals surface area contributed by atoms with E-state index < -0.39 is 18.1 Å². The van der Waals surface area contributed by atoms with E-state index >= 15 is 0 Å². The van der Waals surface area contributed by atoms with Crippen LogP contribution < -0.4 is 11.1 Å². The number of hydrogen-bond donors (Lipinski definition) is 3. The fourth-order valence-corrected chi connectivity index (χ4v) is 0.965. The molecule has 0 aromatic heterocycles. The van der Waals surface area contributed by atoms with Gasteiger partial charge in [0.15, 0.2) is 0 Å².